The molecule has 0 aliphatic heterocycles. The molecule has 0 bridgehead atoms. The van der Waals surface area contributed by atoms with Gasteiger partial charge in [0.05, 0.1) is 5.56 Å². The van der Waals surface area contributed by atoms with Crippen molar-refractivity contribution in [2.75, 3.05) is 18.5 Å². The first-order valence-electron chi connectivity index (χ1n) is 9.12. The summed E-state index contributed by atoms with van der Waals surface area (Å²) in [6.07, 6.45) is 5.02. The highest BCUT2D eigenvalue weighted by Crippen LogP contribution is 2.29. The third-order valence-corrected chi connectivity index (χ3v) is 4.68. The molecule has 1 aromatic heterocycles. The normalized spacial score (nSPS) is 13.8. The summed E-state index contributed by atoms with van der Waals surface area (Å²) < 4.78 is 0. The molecular formula is C21H27N3O. The fourth-order valence-corrected chi connectivity index (χ4v) is 2.89. The van der Waals surface area contributed by atoms with Gasteiger partial charge in [-0.1, -0.05) is 32.0 Å². The molecule has 1 aliphatic carbocycles. The SMILES string of the molecule is CC(C)CCN(C(=O)c1ccc(N(C)c2ccccc2)nc1)C1CC1. The molecule has 0 radical (unpaired) electrons. The number of aromatic nitrogens is 1. The highest BCUT2D eigenvalue weighted by molar-refractivity contribution is 5.94. The number of nitrogens with zero attached hydrogens (tertiary/aromatic N) is 3. The minimum atomic E-state index is 0.115. The number of hydrogen-bond acceptors (Lipinski definition) is 3. The lowest BCUT2D eigenvalue weighted by Crippen LogP contribution is -2.34. The van der Waals surface area contributed by atoms with Gasteiger partial charge in [0.1, 0.15) is 5.82 Å². The topological polar surface area (TPSA) is 36.4 Å². The summed E-state index contributed by atoms with van der Waals surface area (Å²) in [6.45, 7) is 5.24. The molecule has 1 aliphatic rings. The number of carbonyl (C=O) groups is 1. The Morgan fingerprint density at radius 3 is 2.44 bits per heavy atom. The molecule has 1 saturated carbocycles. The molecule has 0 N–H and O–H groups in total. The van der Waals surface area contributed by atoms with Gasteiger partial charge in [-0.25, -0.2) is 4.98 Å². The van der Waals surface area contributed by atoms with E-state index in [4.69, 9.17) is 0 Å². The molecule has 25 heavy (non-hydrogen) atoms. The summed E-state index contributed by atoms with van der Waals surface area (Å²) in [5.41, 5.74) is 1.76. The number of carbonyl (C=O) groups excluding carboxylic acids is 1. The van der Waals surface area contributed by atoms with E-state index in [0.717, 1.165) is 37.3 Å². The zero-order valence-electron chi connectivity index (χ0n) is 15.4. The summed E-state index contributed by atoms with van der Waals surface area (Å²) in [5, 5.41) is 0. The Labute approximate surface area is 150 Å². The standard InChI is InChI=1S/C21H27N3O/c1-16(2)13-14-24(19-10-11-19)21(25)17-9-12-20(22-15-17)23(3)18-7-5-4-6-8-18/h4-9,12,15-16,19H,10-11,13-14H2,1-3H3. The summed E-state index contributed by atoms with van der Waals surface area (Å²) >= 11 is 0. The molecule has 4 nitrogen and oxygen atoms in total. The number of amides is 1. The van der Waals surface area contributed by atoms with Crippen molar-refractivity contribution in [1.29, 1.82) is 0 Å². The van der Waals surface area contributed by atoms with E-state index in [9.17, 15) is 4.79 Å². The quantitative estimate of drug-likeness (QED) is 0.746. The van der Waals surface area contributed by atoms with Gasteiger partial charge in [0.2, 0.25) is 0 Å². The van der Waals surface area contributed by atoms with Crippen LogP contribution < -0.4 is 4.90 Å². The van der Waals surface area contributed by atoms with Crippen LogP contribution in [-0.2, 0) is 0 Å². The van der Waals surface area contributed by atoms with Gasteiger partial charge in [-0.3, -0.25) is 4.79 Å². The largest absolute Gasteiger partial charge is 0.336 e. The molecule has 1 fully saturated rings. The maximum Gasteiger partial charge on any atom is 0.255 e. The third kappa shape index (κ3) is 4.38. The van der Waals surface area contributed by atoms with E-state index in [1.807, 2.05) is 59.3 Å². The number of rotatable bonds is 7. The number of anilines is 2. The molecule has 2 aromatic rings. The lowest BCUT2D eigenvalue weighted by Gasteiger charge is -2.24. The number of hydrogen-bond donors (Lipinski definition) is 0. The van der Waals surface area contributed by atoms with Gasteiger partial charge in [-0.15, -0.1) is 0 Å². The van der Waals surface area contributed by atoms with E-state index in [2.05, 4.69) is 18.8 Å². The summed E-state index contributed by atoms with van der Waals surface area (Å²) in [4.78, 5) is 21.4. The van der Waals surface area contributed by atoms with Crippen LogP contribution in [0, 0.1) is 5.92 Å². The van der Waals surface area contributed by atoms with E-state index in [1.165, 1.54) is 0 Å². The third-order valence-electron chi connectivity index (χ3n) is 4.68. The Kier molecular flexibility index (Phi) is 5.37. The molecule has 0 unspecified atom stereocenters. The van der Waals surface area contributed by atoms with Crippen LogP contribution in [0.3, 0.4) is 0 Å². The second-order valence-electron chi connectivity index (χ2n) is 7.21. The molecule has 1 aromatic carbocycles. The maximum absolute atomic E-state index is 12.9. The average Bonchev–Trinajstić information content (AvgIpc) is 3.47. The Hall–Kier alpha value is -2.36. The van der Waals surface area contributed by atoms with Crippen molar-refractivity contribution >= 4 is 17.4 Å². The molecule has 4 heteroatoms. The van der Waals surface area contributed by atoms with Crippen molar-refractivity contribution in [2.24, 2.45) is 5.92 Å². The fourth-order valence-electron chi connectivity index (χ4n) is 2.89. The van der Waals surface area contributed by atoms with E-state index in [-0.39, 0.29) is 5.91 Å². The van der Waals surface area contributed by atoms with Crippen LogP contribution in [0.5, 0.6) is 0 Å². The highest BCUT2D eigenvalue weighted by atomic mass is 16.2. The Morgan fingerprint density at radius 2 is 1.88 bits per heavy atom. The van der Waals surface area contributed by atoms with E-state index < -0.39 is 0 Å². The summed E-state index contributed by atoms with van der Waals surface area (Å²) in [7, 11) is 1.98. The minimum Gasteiger partial charge on any atom is -0.336 e. The Balaban J connectivity index is 1.71. The van der Waals surface area contributed by atoms with Crippen LogP contribution in [0.1, 0.15) is 43.5 Å². The van der Waals surface area contributed by atoms with Crippen molar-refractivity contribution in [3.8, 4) is 0 Å². The maximum atomic E-state index is 12.9. The van der Waals surface area contributed by atoms with E-state index >= 15 is 0 Å². The van der Waals surface area contributed by atoms with Gasteiger partial charge in [0.25, 0.3) is 5.91 Å². The van der Waals surface area contributed by atoms with Crippen molar-refractivity contribution in [2.45, 2.75) is 39.2 Å². The van der Waals surface area contributed by atoms with Crippen molar-refractivity contribution in [3.05, 3.63) is 54.2 Å². The van der Waals surface area contributed by atoms with Gasteiger partial charge in [-0.2, -0.15) is 0 Å². The monoisotopic (exact) mass is 337 g/mol. The first-order valence-corrected chi connectivity index (χ1v) is 9.12. The zero-order chi connectivity index (χ0) is 17.8. The predicted octanol–water partition coefficient (Wildman–Crippen LogP) is 4.50. The van der Waals surface area contributed by atoms with Crippen molar-refractivity contribution in [3.63, 3.8) is 0 Å². The van der Waals surface area contributed by atoms with Crippen LogP contribution >= 0.6 is 0 Å². The first-order chi connectivity index (χ1) is 12.1. The molecule has 1 heterocycles. The summed E-state index contributed by atoms with van der Waals surface area (Å²) in [5.74, 6) is 1.56. The fraction of sp³-hybridized carbons (Fsp3) is 0.429. The molecule has 3 rings (SSSR count). The molecular weight excluding hydrogens is 310 g/mol. The van der Waals surface area contributed by atoms with Gasteiger partial charge in [0, 0.05) is 31.5 Å². The zero-order valence-corrected chi connectivity index (χ0v) is 15.4. The average molecular weight is 337 g/mol. The number of pyridine rings is 1. The number of benzene rings is 1. The van der Waals surface area contributed by atoms with Crippen LogP contribution in [0.4, 0.5) is 11.5 Å². The van der Waals surface area contributed by atoms with Crippen molar-refractivity contribution in [1.82, 2.24) is 9.88 Å². The first kappa shape index (κ1) is 17.5. The Morgan fingerprint density at radius 1 is 1.16 bits per heavy atom. The van der Waals surface area contributed by atoms with Crippen LogP contribution in [-0.4, -0.2) is 35.4 Å². The lowest BCUT2D eigenvalue weighted by atomic mass is 10.1. The van der Waals surface area contributed by atoms with Crippen LogP contribution in [0.15, 0.2) is 48.7 Å². The van der Waals surface area contributed by atoms with Crippen LogP contribution in [0.2, 0.25) is 0 Å². The van der Waals surface area contributed by atoms with E-state index in [1.54, 1.807) is 6.20 Å². The minimum absolute atomic E-state index is 0.115. The smallest absolute Gasteiger partial charge is 0.255 e. The Bertz CT molecular complexity index is 693. The second-order valence-corrected chi connectivity index (χ2v) is 7.21. The van der Waals surface area contributed by atoms with Gasteiger partial charge in [0.15, 0.2) is 0 Å². The molecule has 132 valence electrons. The van der Waals surface area contributed by atoms with Gasteiger partial charge >= 0.3 is 0 Å². The molecule has 0 saturated heterocycles. The van der Waals surface area contributed by atoms with Crippen LogP contribution in [0.25, 0.3) is 0 Å². The lowest BCUT2D eigenvalue weighted by molar-refractivity contribution is 0.0735. The number of para-hydroxylation sites is 1. The molecule has 0 atom stereocenters. The molecule has 1 amide bonds. The second kappa shape index (κ2) is 7.68. The highest BCUT2D eigenvalue weighted by Gasteiger charge is 2.32. The van der Waals surface area contributed by atoms with Gasteiger partial charge < -0.3 is 9.80 Å². The summed E-state index contributed by atoms with van der Waals surface area (Å²) in [6, 6.07) is 14.3. The molecule has 0 spiro atoms. The van der Waals surface area contributed by atoms with Gasteiger partial charge in [-0.05, 0) is 49.4 Å². The predicted molar refractivity (Wildman–Crippen MR) is 102 cm³/mol. The van der Waals surface area contributed by atoms with Crippen molar-refractivity contribution < 1.29 is 4.79 Å². The van der Waals surface area contributed by atoms with E-state index in [0.29, 0.717) is 17.5 Å².